The second kappa shape index (κ2) is 4.51. The monoisotopic (exact) mass is 356 g/mol. The molecular formula is C17H13BrN2O2. The van der Waals surface area contributed by atoms with E-state index in [4.69, 9.17) is 0 Å². The average molecular weight is 357 g/mol. The number of aliphatic hydroxyl groups is 1. The zero-order chi connectivity index (χ0) is 15.5. The molecule has 4 rings (SSSR count). The highest BCUT2D eigenvalue weighted by Crippen LogP contribution is 2.34. The van der Waals surface area contributed by atoms with E-state index in [1.807, 2.05) is 36.4 Å². The third-order valence-corrected chi connectivity index (χ3v) is 4.59. The third-order valence-electron chi connectivity index (χ3n) is 4.10. The van der Waals surface area contributed by atoms with E-state index >= 15 is 0 Å². The van der Waals surface area contributed by atoms with Crippen molar-refractivity contribution >= 4 is 26.8 Å². The van der Waals surface area contributed by atoms with Gasteiger partial charge in [-0.2, -0.15) is 0 Å². The molecule has 0 spiro atoms. The first-order valence-electron chi connectivity index (χ1n) is 7.01. The third kappa shape index (κ3) is 1.86. The molecule has 110 valence electrons. The molecule has 0 fully saturated rings. The standard InChI is InChI=1S/C17H13BrN2O2/c1-17(22)9-10-4-2-3-5-12(10)15-19-14-7-6-11(18)8-13(14)16(21)20(15)17/h2-8,22H,9H2,1H3. The number of benzene rings is 2. The summed E-state index contributed by atoms with van der Waals surface area (Å²) in [4.78, 5) is 17.5. The van der Waals surface area contributed by atoms with Crippen molar-refractivity contribution in [1.82, 2.24) is 9.55 Å². The summed E-state index contributed by atoms with van der Waals surface area (Å²) in [5.41, 5.74) is 1.02. The molecule has 3 aromatic rings. The minimum absolute atomic E-state index is 0.221. The molecule has 0 amide bonds. The second-order valence-corrected chi connectivity index (χ2v) is 6.70. The van der Waals surface area contributed by atoms with Crippen LogP contribution in [0.3, 0.4) is 0 Å². The van der Waals surface area contributed by atoms with E-state index in [1.54, 1.807) is 13.0 Å². The van der Waals surface area contributed by atoms with Gasteiger partial charge < -0.3 is 5.11 Å². The van der Waals surface area contributed by atoms with Crippen LogP contribution in [-0.4, -0.2) is 14.7 Å². The molecule has 2 heterocycles. The van der Waals surface area contributed by atoms with Gasteiger partial charge >= 0.3 is 0 Å². The molecule has 1 atom stereocenters. The van der Waals surface area contributed by atoms with Crippen molar-refractivity contribution in [3.05, 3.63) is 62.9 Å². The number of rotatable bonds is 0. The zero-order valence-electron chi connectivity index (χ0n) is 11.9. The van der Waals surface area contributed by atoms with Crippen LogP contribution in [0, 0.1) is 0 Å². The lowest BCUT2D eigenvalue weighted by Crippen LogP contribution is -2.44. The molecular weight excluding hydrogens is 344 g/mol. The van der Waals surface area contributed by atoms with Crippen molar-refractivity contribution in [3.8, 4) is 11.4 Å². The Kier molecular flexibility index (Phi) is 2.80. The SMILES string of the molecule is CC1(O)Cc2ccccc2-c2nc3ccc(Br)cc3c(=O)n21. The molecule has 2 aromatic carbocycles. The Morgan fingerprint density at radius 1 is 1.27 bits per heavy atom. The van der Waals surface area contributed by atoms with E-state index in [9.17, 15) is 9.90 Å². The topological polar surface area (TPSA) is 55.1 Å². The Balaban J connectivity index is 2.19. The van der Waals surface area contributed by atoms with Crippen LogP contribution in [0.2, 0.25) is 0 Å². The summed E-state index contributed by atoms with van der Waals surface area (Å²) in [5, 5.41) is 11.3. The van der Waals surface area contributed by atoms with E-state index in [-0.39, 0.29) is 5.56 Å². The van der Waals surface area contributed by atoms with Gasteiger partial charge in [0.05, 0.1) is 10.9 Å². The number of halogens is 1. The molecule has 0 aliphatic carbocycles. The van der Waals surface area contributed by atoms with Crippen LogP contribution in [0.4, 0.5) is 0 Å². The van der Waals surface area contributed by atoms with Gasteiger partial charge in [-0.1, -0.05) is 40.2 Å². The predicted octanol–water partition coefficient (Wildman–Crippen LogP) is 3.05. The highest BCUT2D eigenvalue weighted by Gasteiger charge is 2.34. The van der Waals surface area contributed by atoms with Crippen LogP contribution in [0.1, 0.15) is 12.5 Å². The largest absolute Gasteiger partial charge is 0.370 e. The summed E-state index contributed by atoms with van der Waals surface area (Å²) in [7, 11) is 0. The lowest BCUT2D eigenvalue weighted by Gasteiger charge is -2.34. The van der Waals surface area contributed by atoms with E-state index in [2.05, 4.69) is 20.9 Å². The maximum atomic E-state index is 12.9. The Labute approximate surface area is 135 Å². The van der Waals surface area contributed by atoms with Crippen molar-refractivity contribution in [2.24, 2.45) is 0 Å². The molecule has 1 N–H and O–H groups in total. The summed E-state index contributed by atoms with van der Waals surface area (Å²) < 4.78 is 2.22. The smallest absolute Gasteiger partial charge is 0.264 e. The normalized spacial score (nSPS) is 19.8. The molecule has 0 saturated carbocycles. The maximum absolute atomic E-state index is 12.9. The first-order chi connectivity index (χ1) is 10.5. The molecule has 5 heteroatoms. The Hall–Kier alpha value is -1.98. The number of aromatic nitrogens is 2. The fourth-order valence-corrected chi connectivity index (χ4v) is 3.48. The van der Waals surface area contributed by atoms with E-state index < -0.39 is 5.72 Å². The van der Waals surface area contributed by atoms with Gasteiger partial charge in [0, 0.05) is 16.5 Å². The number of fused-ring (bicyclic) bond motifs is 4. The van der Waals surface area contributed by atoms with Crippen molar-refractivity contribution < 1.29 is 5.11 Å². The summed E-state index contributed by atoms with van der Waals surface area (Å²) in [6, 6.07) is 13.2. The highest BCUT2D eigenvalue weighted by atomic mass is 79.9. The summed E-state index contributed by atoms with van der Waals surface area (Å²) >= 11 is 3.38. The fraction of sp³-hybridized carbons (Fsp3) is 0.176. The molecule has 0 saturated heterocycles. The molecule has 22 heavy (non-hydrogen) atoms. The summed E-state index contributed by atoms with van der Waals surface area (Å²) in [5.74, 6) is 0.520. The Morgan fingerprint density at radius 3 is 2.86 bits per heavy atom. The van der Waals surface area contributed by atoms with Crippen LogP contribution in [-0.2, 0) is 12.1 Å². The molecule has 1 aliphatic heterocycles. The average Bonchev–Trinajstić information content (AvgIpc) is 2.47. The van der Waals surface area contributed by atoms with Crippen LogP contribution in [0.5, 0.6) is 0 Å². The molecule has 1 aliphatic rings. The Morgan fingerprint density at radius 2 is 2.05 bits per heavy atom. The van der Waals surface area contributed by atoms with Gasteiger partial charge in [0.1, 0.15) is 11.5 Å². The molecule has 0 radical (unpaired) electrons. The number of hydrogen-bond acceptors (Lipinski definition) is 3. The van der Waals surface area contributed by atoms with E-state index in [0.717, 1.165) is 15.6 Å². The Bertz CT molecular complexity index is 976. The maximum Gasteiger partial charge on any atom is 0.264 e. The first-order valence-corrected chi connectivity index (χ1v) is 7.80. The number of nitrogens with zero attached hydrogens (tertiary/aromatic N) is 2. The first kappa shape index (κ1) is 13.7. The van der Waals surface area contributed by atoms with E-state index in [1.165, 1.54) is 4.57 Å². The van der Waals surface area contributed by atoms with Gasteiger partial charge in [-0.15, -0.1) is 0 Å². The molecule has 0 bridgehead atoms. The molecule has 4 nitrogen and oxygen atoms in total. The van der Waals surface area contributed by atoms with Crippen molar-refractivity contribution in [2.45, 2.75) is 19.1 Å². The van der Waals surface area contributed by atoms with Crippen LogP contribution >= 0.6 is 15.9 Å². The molecule has 1 unspecified atom stereocenters. The van der Waals surface area contributed by atoms with Crippen molar-refractivity contribution in [1.29, 1.82) is 0 Å². The minimum atomic E-state index is -1.29. The van der Waals surface area contributed by atoms with Gasteiger partial charge in [-0.3, -0.25) is 9.36 Å². The highest BCUT2D eigenvalue weighted by molar-refractivity contribution is 9.10. The van der Waals surface area contributed by atoms with Gasteiger partial charge in [-0.05, 0) is 30.7 Å². The van der Waals surface area contributed by atoms with Gasteiger partial charge in [0.15, 0.2) is 0 Å². The van der Waals surface area contributed by atoms with Crippen LogP contribution in [0.15, 0.2) is 51.7 Å². The summed E-state index contributed by atoms with van der Waals surface area (Å²) in [6.45, 7) is 1.65. The molecule has 1 aromatic heterocycles. The van der Waals surface area contributed by atoms with Gasteiger partial charge in [-0.25, -0.2) is 4.98 Å². The van der Waals surface area contributed by atoms with Gasteiger partial charge in [0.2, 0.25) is 0 Å². The second-order valence-electron chi connectivity index (χ2n) is 5.79. The zero-order valence-corrected chi connectivity index (χ0v) is 13.5. The lowest BCUT2D eigenvalue weighted by atomic mass is 9.93. The lowest BCUT2D eigenvalue weighted by molar-refractivity contribution is -0.0225. The minimum Gasteiger partial charge on any atom is -0.370 e. The fourth-order valence-electron chi connectivity index (χ4n) is 3.12. The predicted molar refractivity (Wildman–Crippen MR) is 88.7 cm³/mol. The van der Waals surface area contributed by atoms with Gasteiger partial charge in [0.25, 0.3) is 5.56 Å². The van der Waals surface area contributed by atoms with E-state index in [0.29, 0.717) is 23.1 Å². The summed E-state index contributed by atoms with van der Waals surface area (Å²) in [6.07, 6.45) is 0.386. The number of hydrogen-bond donors (Lipinski definition) is 1. The quantitative estimate of drug-likeness (QED) is 0.673. The van der Waals surface area contributed by atoms with Crippen LogP contribution in [0.25, 0.3) is 22.3 Å². The van der Waals surface area contributed by atoms with Crippen molar-refractivity contribution in [3.63, 3.8) is 0 Å². The van der Waals surface area contributed by atoms with Crippen molar-refractivity contribution in [2.75, 3.05) is 0 Å². The van der Waals surface area contributed by atoms with Crippen LogP contribution < -0.4 is 5.56 Å².